The molecule has 2 N–H and O–H groups in total. The first-order chi connectivity index (χ1) is 6.18. The Labute approximate surface area is 76.5 Å². The lowest BCUT2D eigenvalue weighted by Gasteiger charge is -2.08. The van der Waals surface area contributed by atoms with Crippen LogP contribution in [-0.4, -0.2) is 22.2 Å². The SMILES string of the molecule is CC(C)OC(=O)NCc1cnc[nH]1. The van der Waals surface area contributed by atoms with Crippen molar-refractivity contribution in [1.29, 1.82) is 0 Å². The second-order valence-corrected chi connectivity index (χ2v) is 2.88. The van der Waals surface area contributed by atoms with Gasteiger partial charge in [-0.25, -0.2) is 9.78 Å². The molecule has 1 heterocycles. The number of hydrogen-bond acceptors (Lipinski definition) is 3. The van der Waals surface area contributed by atoms with E-state index in [1.54, 1.807) is 26.4 Å². The highest BCUT2D eigenvalue weighted by atomic mass is 16.6. The molecule has 0 aromatic carbocycles. The van der Waals surface area contributed by atoms with Crippen LogP contribution in [0.4, 0.5) is 4.79 Å². The van der Waals surface area contributed by atoms with E-state index in [4.69, 9.17) is 4.74 Å². The van der Waals surface area contributed by atoms with E-state index in [9.17, 15) is 4.79 Å². The molecule has 0 bridgehead atoms. The fourth-order valence-electron chi connectivity index (χ4n) is 0.804. The highest BCUT2D eigenvalue weighted by Gasteiger charge is 2.03. The first-order valence-electron chi connectivity index (χ1n) is 4.10. The minimum atomic E-state index is -0.412. The van der Waals surface area contributed by atoms with E-state index in [1.165, 1.54) is 0 Å². The Hall–Kier alpha value is -1.52. The van der Waals surface area contributed by atoms with Gasteiger partial charge < -0.3 is 15.0 Å². The maximum atomic E-state index is 11.0. The maximum Gasteiger partial charge on any atom is 0.407 e. The largest absolute Gasteiger partial charge is 0.447 e. The first-order valence-corrected chi connectivity index (χ1v) is 4.10. The van der Waals surface area contributed by atoms with E-state index < -0.39 is 6.09 Å². The van der Waals surface area contributed by atoms with Gasteiger partial charge in [-0.05, 0) is 13.8 Å². The first kappa shape index (κ1) is 9.57. The number of aromatic nitrogens is 2. The van der Waals surface area contributed by atoms with Crippen LogP contribution >= 0.6 is 0 Å². The highest BCUT2D eigenvalue weighted by Crippen LogP contribution is 1.92. The van der Waals surface area contributed by atoms with E-state index in [1.807, 2.05) is 0 Å². The monoisotopic (exact) mass is 183 g/mol. The number of alkyl carbamates (subject to hydrolysis) is 1. The van der Waals surface area contributed by atoms with Crippen LogP contribution in [0, 0.1) is 0 Å². The molecule has 72 valence electrons. The van der Waals surface area contributed by atoms with Crippen molar-refractivity contribution in [1.82, 2.24) is 15.3 Å². The molecular formula is C8H13N3O2. The Morgan fingerprint density at radius 3 is 3.08 bits per heavy atom. The molecule has 0 atom stereocenters. The number of amides is 1. The van der Waals surface area contributed by atoms with Crippen LogP contribution in [-0.2, 0) is 11.3 Å². The number of nitrogens with one attached hydrogen (secondary N) is 2. The molecule has 1 amide bonds. The third kappa shape index (κ3) is 3.59. The van der Waals surface area contributed by atoms with E-state index >= 15 is 0 Å². The van der Waals surface area contributed by atoms with E-state index in [0.29, 0.717) is 6.54 Å². The molecule has 5 nitrogen and oxygen atoms in total. The lowest BCUT2D eigenvalue weighted by atomic mass is 10.5. The molecule has 0 saturated carbocycles. The van der Waals surface area contributed by atoms with Gasteiger partial charge in [0, 0.05) is 6.20 Å². The zero-order valence-corrected chi connectivity index (χ0v) is 7.70. The molecule has 0 unspecified atom stereocenters. The van der Waals surface area contributed by atoms with Crippen molar-refractivity contribution in [3.8, 4) is 0 Å². The van der Waals surface area contributed by atoms with Crippen LogP contribution in [0.2, 0.25) is 0 Å². The number of nitrogens with zero attached hydrogens (tertiary/aromatic N) is 1. The van der Waals surface area contributed by atoms with Crippen LogP contribution < -0.4 is 5.32 Å². The topological polar surface area (TPSA) is 67.0 Å². The second kappa shape index (κ2) is 4.49. The summed E-state index contributed by atoms with van der Waals surface area (Å²) in [6.45, 7) is 4.01. The predicted molar refractivity (Wildman–Crippen MR) is 47.0 cm³/mol. The molecule has 0 fully saturated rings. The molecule has 1 aromatic heterocycles. The standard InChI is InChI=1S/C8H13N3O2/c1-6(2)13-8(12)10-4-7-3-9-5-11-7/h3,5-6H,4H2,1-2H3,(H,9,11)(H,10,12). The predicted octanol–water partition coefficient (Wildman–Crippen LogP) is 1.04. The summed E-state index contributed by atoms with van der Waals surface area (Å²) >= 11 is 0. The van der Waals surface area contributed by atoms with Crippen molar-refractivity contribution in [3.63, 3.8) is 0 Å². The molecule has 0 radical (unpaired) electrons. The average Bonchev–Trinajstić information content (AvgIpc) is 2.51. The van der Waals surface area contributed by atoms with E-state index in [2.05, 4.69) is 15.3 Å². The van der Waals surface area contributed by atoms with Gasteiger partial charge in [0.05, 0.1) is 24.7 Å². The van der Waals surface area contributed by atoms with Gasteiger partial charge in [-0.3, -0.25) is 0 Å². The number of imidazole rings is 1. The van der Waals surface area contributed by atoms with Crippen molar-refractivity contribution in [2.45, 2.75) is 26.5 Å². The van der Waals surface area contributed by atoms with Crippen molar-refractivity contribution in [2.24, 2.45) is 0 Å². The molecule has 13 heavy (non-hydrogen) atoms. The number of carbonyl (C=O) groups is 1. The molecule has 5 heteroatoms. The van der Waals surface area contributed by atoms with E-state index in [0.717, 1.165) is 5.69 Å². The minimum absolute atomic E-state index is 0.0956. The van der Waals surface area contributed by atoms with Crippen LogP contribution in [0.1, 0.15) is 19.5 Å². The molecule has 0 aliphatic heterocycles. The normalized spacial score (nSPS) is 10.1. The minimum Gasteiger partial charge on any atom is -0.447 e. The number of hydrogen-bond donors (Lipinski definition) is 2. The maximum absolute atomic E-state index is 11.0. The quantitative estimate of drug-likeness (QED) is 0.735. The third-order valence-electron chi connectivity index (χ3n) is 1.32. The highest BCUT2D eigenvalue weighted by molar-refractivity contribution is 5.67. The van der Waals surface area contributed by atoms with Crippen molar-refractivity contribution < 1.29 is 9.53 Å². The molecule has 0 aliphatic rings. The van der Waals surface area contributed by atoms with Gasteiger partial charge in [0.25, 0.3) is 0 Å². The number of carbonyl (C=O) groups excluding carboxylic acids is 1. The van der Waals surface area contributed by atoms with Gasteiger partial charge in [0.1, 0.15) is 0 Å². The van der Waals surface area contributed by atoms with Crippen LogP contribution in [0.15, 0.2) is 12.5 Å². The lowest BCUT2D eigenvalue weighted by Crippen LogP contribution is -2.26. The van der Waals surface area contributed by atoms with Crippen molar-refractivity contribution in [3.05, 3.63) is 18.2 Å². The molecule has 0 saturated heterocycles. The van der Waals surface area contributed by atoms with Crippen LogP contribution in [0.3, 0.4) is 0 Å². The lowest BCUT2D eigenvalue weighted by molar-refractivity contribution is 0.115. The van der Waals surface area contributed by atoms with Crippen LogP contribution in [0.25, 0.3) is 0 Å². The van der Waals surface area contributed by atoms with Gasteiger partial charge in [0.2, 0.25) is 0 Å². The van der Waals surface area contributed by atoms with Crippen LogP contribution in [0.5, 0.6) is 0 Å². The summed E-state index contributed by atoms with van der Waals surface area (Å²) in [7, 11) is 0. The molecule has 0 aliphatic carbocycles. The Morgan fingerprint density at radius 1 is 1.77 bits per heavy atom. The number of H-pyrrole nitrogens is 1. The van der Waals surface area contributed by atoms with Gasteiger partial charge in [-0.15, -0.1) is 0 Å². The summed E-state index contributed by atoms with van der Waals surface area (Å²) < 4.78 is 4.86. The average molecular weight is 183 g/mol. The molecular weight excluding hydrogens is 170 g/mol. The summed E-state index contributed by atoms with van der Waals surface area (Å²) in [5.41, 5.74) is 0.848. The van der Waals surface area contributed by atoms with Crippen molar-refractivity contribution in [2.75, 3.05) is 0 Å². The zero-order chi connectivity index (χ0) is 9.68. The Bertz CT molecular complexity index is 256. The summed E-state index contributed by atoms with van der Waals surface area (Å²) in [5.74, 6) is 0. The Morgan fingerprint density at radius 2 is 2.54 bits per heavy atom. The summed E-state index contributed by atoms with van der Waals surface area (Å²) in [5, 5.41) is 2.58. The van der Waals surface area contributed by atoms with E-state index in [-0.39, 0.29) is 6.10 Å². The van der Waals surface area contributed by atoms with Gasteiger partial charge >= 0.3 is 6.09 Å². The second-order valence-electron chi connectivity index (χ2n) is 2.88. The molecule has 1 rings (SSSR count). The zero-order valence-electron chi connectivity index (χ0n) is 7.70. The summed E-state index contributed by atoms with van der Waals surface area (Å²) in [6.07, 6.45) is 2.70. The Balaban J connectivity index is 2.23. The number of rotatable bonds is 3. The number of ether oxygens (including phenoxy) is 1. The Kier molecular flexibility index (Phi) is 3.31. The third-order valence-corrected chi connectivity index (χ3v) is 1.32. The number of aromatic amines is 1. The van der Waals surface area contributed by atoms with Gasteiger partial charge in [0.15, 0.2) is 0 Å². The fourth-order valence-corrected chi connectivity index (χ4v) is 0.804. The van der Waals surface area contributed by atoms with Gasteiger partial charge in [-0.1, -0.05) is 0 Å². The molecule has 0 spiro atoms. The summed E-state index contributed by atoms with van der Waals surface area (Å²) in [6, 6.07) is 0. The van der Waals surface area contributed by atoms with Gasteiger partial charge in [-0.2, -0.15) is 0 Å². The fraction of sp³-hybridized carbons (Fsp3) is 0.500. The smallest absolute Gasteiger partial charge is 0.407 e. The van der Waals surface area contributed by atoms with Crippen molar-refractivity contribution >= 4 is 6.09 Å². The summed E-state index contributed by atoms with van der Waals surface area (Å²) in [4.78, 5) is 17.7. The molecule has 1 aromatic rings.